The Kier molecular flexibility index (Phi) is 23.6. The number of carbonyl (C=O) groups is 3. The van der Waals surface area contributed by atoms with Gasteiger partial charge in [-0.15, -0.1) is 0 Å². The number of hydrogen-bond acceptors (Lipinski definition) is 4. The van der Waals surface area contributed by atoms with Crippen LogP contribution in [0.2, 0.25) is 0 Å². The maximum atomic E-state index is 11.7. The molecule has 0 aromatic carbocycles. The smallest absolute Gasteiger partial charge is 0.311 e. The van der Waals surface area contributed by atoms with Crippen molar-refractivity contribution in [2.45, 2.75) is 160 Å². The number of carboxylic acid groups (broad SMARTS) is 1. The summed E-state index contributed by atoms with van der Waals surface area (Å²) in [4.78, 5) is 32.7. The number of carbonyl (C=O) groups excluding carboxylic acids is 2. The molecule has 0 rings (SSSR count). The van der Waals surface area contributed by atoms with Gasteiger partial charge in [0.2, 0.25) is 0 Å². The average molecular weight is 515 g/mol. The molecule has 0 radical (unpaired) electrons. The number of esters is 1. The highest BCUT2D eigenvalue weighted by Gasteiger charge is 2.26. The molecule has 5 nitrogen and oxygen atoms in total. The Morgan fingerprint density at radius 2 is 0.944 bits per heavy atom. The van der Waals surface area contributed by atoms with Crippen molar-refractivity contribution in [3.05, 3.63) is 0 Å². The molecule has 0 amide bonds. The minimum atomic E-state index is -0.722. The van der Waals surface area contributed by atoms with Gasteiger partial charge < -0.3 is 9.84 Å². The van der Waals surface area contributed by atoms with Crippen molar-refractivity contribution in [3.63, 3.8) is 0 Å². The summed E-state index contributed by atoms with van der Waals surface area (Å²) < 4.78 is 5.33. The van der Waals surface area contributed by atoms with E-state index < -0.39 is 11.4 Å². The Labute approximate surface area is 224 Å². The highest BCUT2D eigenvalue weighted by molar-refractivity contribution is 5.81. The highest BCUT2D eigenvalue weighted by atomic mass is 16.5. The van der Waals surface area contributed by atoms with E-state index in [1.807, 2.05) is 48.5 Å². The lowest BCUT2D eigenvalue weighted by molar-refractivity contribution is -0.154. The third-order valence-electron chi connectivity index (χ3n) is 7.47. The molecule has 0 saturated carbocycles. The molecule has 0 heterocycles. The van der Waals surface area contributed by atoms with Crippen molar-refractivity contribution in [2.75, 3.05) is 6.61 Å². The fourth-order valence-electron chi connectivity index (χ4n) is 2.49. The molecule has 0 aliphatic heterocycles. The van der Waals surface area contributed by atoms with Gasteiger partial charge in [-0.1, -0.05) is 99.3 Å². The fraction of sp³-hybridized carbons (Fsp3) is 0.903. The monoisotopic (exact) mass is 514 g/mol. The largest absolute Gasteiger partial charge is 0.481 e. The summed E-state index contributed by atoms with van der Waals surface area (Å²) in [5.74, 6) is -0.490. The van der Waals surface area contributed by atoms with Gasteiger partial charge >= 0.3 is 11.9 Å². The van der Waals surface area contributed by atoms with Crippen molar-refractivity contribution in [3.8, 4) is 0 Å². The van der Waals surface area contributed by atoms with Crippen LogP contribution in [0.3, 0.4) is 0 Å². The molecule has 0 fully saturated rings. The van der Waals surface area contributed by atoms with Gasteiger partial charge in [0, 0.05) is 5.41 Å². The van der Waals surface area contributed by atoms with E-state index in [1.165, 1.54) is 57.8 Å². The van der Waals surface area contributed by atoms with Gasteiger partial charge in [-0.3, -0.25) is 14.4 Å². The summed E-state index contributed by atoms with van der Waals surface area (Å²) in [5.41, 5.74) is -0.960. The number of ketones is 1. The lowest BCUT2D eigenvalue weighted by Crippen LogP contribution is -2.26. The lowest BCUT2D eigenvalue weighted by Gasteiger charge is -2.20. The molecule has 0 aromatic heterocycles. The number of Topliss-reactive ketones (excluding diaryl/α,β-unsaturated/α-hetero) is 1. The first-order chi connectivity index (χ1) is 16.6. The van der Waals surface area contributed by atoms with Crippen LogP contribution < -0.4 is 0 Å². The molecule has 5 heteroatoms. The molecule has 1 N–H and O–H groups in total. The standard InChI is InChI=1S/C18H36O2.C7H14O.C6H12O2/c1-5-7-8-9-10-11-12-13-14-15-16-20-17(19)18(3,4)6-2;1-5-7(3,4)6(2)8;1-4-6(2,3)5(7)8/h5-16H2,1-4H3;5H2,1-4H3;4H2,1-3H3,(H,7,8). The number of unbranched alkanes of at least 4 members (excludes halogenated alkanes) is 9. The van der Waals surface area contributed by atoms with Gasteiger partial charge in [-0.05, 0) is 60.3 Å². The molecule has 0 saturated heterocycles. The number of ether oxygens (including phenoxy) is 1. The lowest BCUT2D eigenvalue weighted by atomic mass is 9.86. The van der Waals surface area contributed by atoms with E-state index >= 15 is 0 Å². The van der Waals surface area contributed by atoms with Crippen LogP contribution in [0.1, 0.15) is 160 Å². The maximum absolute atomic E-state index is 11.7. The summed E-state index contributed by atoms with van der Waals surface area (Å²) in [6.07, 6.45) is 15.5. The van der Waals surface area contributed by atoms with Gasteiger partial charge in [0.25, 0.3) is 0 Å². The molecule has 0 bridgehead atoms. The summed E-state index contributed by atoms with van der Waals surface area (Å²) in [6.45, 7) is 21.7. The predicted molar refractivity (Wildman–Crippen MR) is 153 cm³/mol. The third kappa shape index (κ3) is 21.9. The molecule has 0 unspecified atom stereocenters. The first-order valence-electron chi connectivity index (χ1n) is 14.5. The van der Waals surface area contributed by atoms with Crippen LogP contribution in [-0.4, -0.2) is 29.4 Å². The Bertz CT molecular complexity index is 550. The highest BCUT2D eigenvalue weighted by Crippen LogP contribution is 2.22. The zero-order valence-electron chi connectivity index (χ0n) is 26.0. The third-order valence-corrected chi connectivity index (χ3v) is 7.47. The van der Waals surface area contributed by atoms with Gasteiger partial charge in [-0.2, -0.15) is 0 Å². The number of hydrogen-bond donors (Lipinski definition) is 1. The van der Waals surface area contributed by atoms with Crippen LogP contribution in [0.4, 0.5) is 0 Å². The summed E-state index contributed by atoms with van der Waals surface area (Å²) in [6, 6.07) is 0. The summed E-state index contributed by atoms with van der Waals surface area (Å²) in [7, 11) is 0. The normalized spacial score (nSPS) is 11.5. The van der Waals surface area contributed by atoms with Gasteiger partial charge in [0.1, 0.15) is 5.78 Å². The van der Waals surface area contributed by atoms with Crippen LogP contribution in [0.5, 0.6) is 0 Å². The molecule has 0 aliphatic rings. The van der Waals surface area contributed by atoms with Crippen molar-refractivity contribution < 1.29 is 24.2 Å². The zero-order chi connectivity index (χ0) is 28.8. The van der Waals surface area contributed by atoms with E-state index in [9.17, 15) is 14.4 Å². The molecular weight excluding hydrogens is 452 g/mol. The molecule has 0 atom stereocenters. The minimum absolute atomic E-state index is 0.0454. The van der Waals surface area contributed by atoms with Crippen LogP contribution in [0, 0.1) is 16.2 Å². The van der Waals surface area contributed by atoms with Gasteiger partial charge in [0.05, 0.1) is 17.4 Å². The second-order valence-electron chi connectivity index (χ2n) is 11.9. The second-order valence-corrected chi connectivity index (χ2v) is 11.9. The number of carboxylic acids is 1. The minimum Gasteiger partial charge on any atom is -0.481 e. The van der Waals surface area contributed by atoms with Crippen molar-refractivity contribution in [1.82, 2.24) is 0 Å². The van der Waals surface area contributed by atoms with Crippen LogP contribution >= 0.6 is 0 Å². The Hall–Kier alpha value is -1.39. The Morgan fingerprint density at radius 1 is 0.583 bits per heavy atom. The molecule has 36 heavy (non-hydrogen) atoms. The summed E-state index contributed by atoms with van der Waals surface area (Å²) in [5, 5.41) is 8.44. The molecule has 0 aromatic rings. The topological polar surface area (TPSA) is 80.7 Å². The van der Waals surface area contributed by atoms with E-state index in [-0.39, 0.29) is 22.6 Å². The van der Waals surface area contributed by atoms with E-state index in [1.54, 1.807) is 20.8 Å². The van der Waals surface area contributed by atoms with Crippen LogP contribution in [0.25, 0.3) is 0 Å². The SMILES string of the molecule is CCC(C)(C)C(=O)O.CCC(C)(C)C(C)=O.CCCCCCCCCCCCOC(=O)C(C)(C)CC. The maximum Gasteiger partial charge on any atom is 0.311 e. The van der Waals surface area contributed by atoms with Crippen LogP contribution in [-0.2, 0) is 19.1 Å². The Morgan fingerprint density at radius 3 is 1.19 bits per heavy atom. The van der Waals surface area contributed by atoms with Crippen molar-refractivity contribution in [1.29, 1.82) is 0 Å². The van der Waals surface area contributed by atoms with Crippen molar-refractivity contribution >= 4 is 17.7 Å². The average Bonchev–Trinajstić information content (AvgIpc) is 2.82. The quantitative estimate of drug-likeness (QED) is 0.154. The zero-order valence-corrected chi connectivity index (χ0v) is 26.0. The Balaban J connectivity index is -0.000000557. The number of rotatable bonds is 17. The fourth-order valence-corrected chi connectivity index (χ4v) is 2.49. The van der Waals surface area contributed by atoms with E-state index in [2.05, 4.69) is 6.92 Å². The van der Waals surface area contributed by atoms with Gasteiger partial charge in [0.15, 0.2) is 0 Å². The van der Waals surface area contributed by atoms with E-state index in [0.717, 1.165) is 19.3 Å². The first kappa shape index (κ1) is 39.1. The second kappa shape index (κ2) is 21.7. The van der Waals surface area contributed by atoms with Gasteiger partial charge in [-0.25, -0.2) is 0 Å². The van der Waals surface area contributed by atoms with E-state index in [4.69, 9.17) is 9.84 Å². The van der Waals surface area contributed by atoms with E-state index in [0.29, 0.717) is 13.0 Å². The first-order valence-corrected chi connectivity index (χ1v) is 14.5. The molecule has 0 aliphatic carbocycles. The van der Waals surface area contributed by atoms with Crippen LogP contribution in [0.15, 0.2) is 0 Å². The predicted octanol–water partition coefficient (Wildman–Crippen LogP) is 9.41. The molecule has 216 valence electrons. The molecular formula is C31H62O5. The summed E-state index contributed by atoms with van der Waals surface area (Å²) >= 11 is 0. The van der Waals surface area contributed by atoms with Crippen molar-refractivity contribution in [2.24, 2.45) is 16.2 Å². The molecule has 0 spiro atoms. The number of aliphatic carboxylic acids is 1.